The number of hydrogen-bond acceptors (Lipinski definition) is 1. The summed E-state index contributed by atoms with van der Waals surface area (Å²) in [5.74, 6) is 0.773. The Balaban J connectivity index is 1.74. The minimum atomic E-state index is 0.628. The van der Waals surface area contributed by atoms with E-state index in [0.29, 0.717) is 10.0 Å². The zero-order chi connectivity index (χ0) is 14.1. The lowest BCUT2D eigenvalue weighted by atomic mass is 10.1. The highest BCUT2D eigenvalue weighted by Crippen LogP contribution is 2.40. The fourth-order valence-corrected chi connectivity index (χ4v) is 3.62. The monoisotopic (exact) mass is 369 g/mol. The molecule has 0 aliphatic heterocycles. The van der Waals surface area contributed by atoms with Crippen LogP contribution in [0.2, 0.25) is 10.0 Å². The minimum Gasteiger partial charge on any atom is -0.379 e. The molecule has 0 amide bonds. The standard InChI is InChI=1S/C16H14BrCl2N/c17-13-7-14(18)16(15(19)8-13)20-9-10-2-1-3-12(6-10)11-4-5-11/h1-3,6-8,11,20H,4-5,9H2. The van der Waals surface area contributed by atoms with E-state index in [1.807, 2.05) is 12.1 Å². The molecule has 1 nitrogen and oxygen atoms in total. The summed E-state index contributed by atoms with van der Waals surface area (Å²) in [4.78, 5) is 0. The third kappa shape index (κ3) is 3.30. The van der Waals surface area contributed by atoms with Crippen LogP contribution in [-0.2, 0) is 6.54 Å². The summed E-state index contributed by atoms with van der Waals surface area (Å²) in [6.07, 6.45) is 2.64. The lowest BCUT2D eigenvalue weighted by Crippen LogP contribution is -2.01. The van der Waals surface area contributed by atoms with Crippen molar-refractivity contribution in [3.8, 4) is 0 Å². The van der Waals surface area contributed by atoms with E-state index >= 15 is 0 Å². The maximum Gasteiger partial charge on any atom is 0.0722 e. The van der Waals surface area contributed by atoms with Crippen LogP contribution in [0.3, 0.4) is 0 Å². The second-order valence-electron chi connectivity index (χ2n) is 5.12. The van der Waals surface area contributed by atoms with E-state index in [4.69, 9.17) is 23.2 Å². The van der Waals surface area contributed by atoms with Gasteiger partial charge in [0.1, 0.15) is 0 Å². The Morgan fingerprint density at radius 3 is 2.45 bits per heavy atom. The minimum absolute atomic E-state index is 0.628. The maximum atomic E-state index is 6.22. The first-order chi connectivity index (χ1) is 9.63. The molecule has 2 aromatic rings. The molecule has 104 valence electrons. The van der Waals surface area contributed by atoms with Crippen LogP contribution in [0.1, 0.15) is 29.9 Å². The van der Waals surface area contributed by atoms with E-state index < -0.39 is 0 Å². The van der Waals surface area contributed by atoms with Gasteiger partial charge in [0, 0.05) is 11.0 Å². The number of nitrogens with one attached hydrogen (secondary N) is 1. The van der Waals surface area contributed by atoms with E-state index in [1.54, 1.807) is 0 Å². The smallest absolute Gasteiger partial charge is 0.0722 e. The molecule has 1 N–H and O–H groups in total. The van der Waals surface area contributed by atoms with Gasteiger partial charge in [-0.05, 0) is 42.0 Å². The molecular formula is C16H14BrCl2N. The second kappa shape index (κ2) is 5.97. The van der Waals surface area contributed by atoms with Crippen molar-refractivity contribution in [1.29, 1.82) is 0 Å². The molecule has 0 atom stereocenters. The van der Waals surface area contributed by atoms with Gasteiger partial charge in [0.15, 0.2) is 0 Å². The summed E-state index contributed by atoms with van der Waals surface area (Å²) in [7, 11) is 0. The van der Waals surface area contributed by atoms with E-state index in [-0.39, 0.29) is 0 Å². The van der Waals surface area contributed by atoms with Gasteiger partial charge in [0.25, 0.3) is 0 Å². The Morgan fingerprint density at radius 2 is 1.80 bits per heavy atom. The fraction of sp³-hybridized carbons (Fsp3) is 0.250. The quantitative estimate of drug-likeness (QED) is 0.670. The summed E-state index contributed by atoms with van der Waals surface area (Å²) >= 11 is 15.8. The molecule has 1 saturated carbocycles. The van der Waals surface area contributed by atoms with Crippen molar-refractivity contribution < 1.29 is 0 Å². The Labute approximate surface area is 137 Å². The highest BCUT2D eigenvalue weighted by molar-refractivity contribution is 9.10. The van der Waals surface area contributed by atoms with Crippen LogP contribution in [-0.4, -0.2) is 0 Å². The molecule has 1 fully saturated rings. The highest BCUT2D eigenvalue weighted by Gasteiger charge is 2.23. The summed E-state index contributed by atoms with van der Waals surface area (Å²) in [6, 6.07) is 12.4. The molecule has 0 heterocycles. The van der Waals surface area contributed by atoms with Crippen molar-refractivity contribution in [1.82, 2.24) is 0 Å². The third-order valence-corrected chi connectivity index (χ3v) is 4.53. The van der Waals surface area contributed by atoms with Crippen molar-refractivity contribution >= 4 is 44.8 Å². The zero-order valence-electron chi connectivity index (χ0n) is 10.8. The molecule has 0 bridgehead atoms. The molecule has 2 aromatic carbocycles. The number of benzene rings is 2. The molecule has 20 heavy (non-hydrogen) atoms. The highest BCUT2D eigenvalue weighted by atomic mass is 79.9. The Kier molecular flexibility index (Phi) is 4.25. The van der Waals surface area contributed by atoms with Crippen molar-refractivity contribution in [3.05, 3.63) is 62.0 Å². The normalized spacial score (nSPS) is 14.3. The summed E-state index contributed by atoms with van der Waals surface area (Å²) < 4.78 is 0.883. The van der Waals surface area contributed by atoms with Gasteiger partial charge in [0.05, 0.1) is 15.7 Å². The lowest BCUT2D eigenvalue weighted by molar-refractivity contribution is 1.09. The molecule has 0 unspecified atom stereocenters. The van der Waals surface area contributed by atoms with Gasteiger partial charge in [0.2, 0.25) is 0 Å². The number of rotatable bonds is 4. The van der Waals surface area contributed by atoms with E-state index in [0.717, 1.165) is 22.6 Å². The topological polar surface area (TPSA) is 12.0 Å². The van der Waals surface area contributed by atoms with E-state index in [1.165, 1.54) is 24.0 Å². The summed E-state index contributed by atoms with van der Waals surface area (Å²) in [5, 5.41) is 4.58. The first-order valence-electron chi connectivity index (χ1n) is 6.61. The second-order valence-corrected chi connectivity index (χ2v) is 6.85. The van der Waals surface area contributed by atoms with Crippen LogP contribution >= 0.6 is 39.1 Å². The number of anilines is 1. The van der Waals surface area contributed by atoms with Crippen molar-refractivity contribution in [3.63, 3.8) is 0 Å². The Hall–Kier alpha value is -0.700. The molecule has 0 aromatic heterocycles. The van der Waals surface area contributed by atoms with E-state index in [9.17, 15) is 0 Å². The molecule has 0 spiro atoms. The van der Waals surface area contributed by atoms with Crippen LogP contribution in [0.15, 0.2) is 40.9 Å². The van der Waals surface area contributed by atoms with Crippen molar-refractivity contribution in [2.45, 2.75) is 25.3 Å². The largest absolute Gasteiger partial charge is 0.379 e. The SMILES string of the molecule is Clc1cc(Br)cc(Cl)c1NCc1cccc(C2CC2)c1. The molecule has 0 saturated heterocycles. The fourth-order valence-electron chi connectivity index (χ4n) is 2.28. The van der Waals surface area contributed by atoms with Crippen molar-refractivity contribution in [2.24, 2.45) is 0 Å². The zero-order valence-corrected chi connectivity index (χ0v) is 13.9. The predicted molar refractivity (Wildman–Crippen MR) is 89.9 cm³/mol. The van der Waals surface area contributed by atoms with Gasteiger partial charge in [-0.2, -0.15) is 0 Å². The van der Waals surface area contributed by atoms with E-state index in [2.05, 4.69) is 45.5 Å². The van der Waals surface area contributed by atoms with Crippen molar-refractivity contribution in [2.75, 3.05) is 5.32 Å². The van der Waals surface area contributed by atoms with Gasteiger partial charge >= 0.3 is 0 Å². The Bertz CT molecular complexity index is 615. The Morgan fingerprint density at radius 1 is 1.10 bits per heavy atom. The first-order valence-corrected chi connectivity index (χ1v) is 8.15. The van der Waals surface area contributed by atoms with Gasteiger partial charge < -0.3 is 5.32 Å². The average Bonchev–Trinajstić information content (AvgIpc) is 3.22. The molecule has 4 heteroatoms. The molecule has 1 aliphatic carbocycles. The third-order valence-electron chi connectivity index (χ3n) is 3.48. The maximum absolute atomic E-state index is 6.22. The van der Waals surface area contributed by atoms with Crippen LogP contribution in [0.25, 0.3) is 0 Å². The van der Waals surface area contributed by atoms with Crippen LogP contribution in [0.5, 0.6) is 0 Å². The number of halogens is 3. The predicted octanol–water partition coefficient (Wildman–Crippen LogP) is 6.25. The van der Waals surface area contributed by atoms with Crippen LogP contribution < -0.4 is 5.32 Å². The summed E-state index contributed by atoms with van der Waals surface area (Å²) in [5.41, 5.74) is 3.48. The van der Waals surface area contributed by atoms with Gasteiger partial charge in [-0.25, -0.2) is 0 Å². The average molecular weight is 371 g/mol. The lowest BCUT2D eigenvalue weighted by Gasteiger charge is -2.12. The molecule has 0 radical (unpaired) electrons. The van der Waals surface area contributed by atoms with Gasteiger partial charge in [-0.1, -0.05) is 63.4 Å². The van der Waals surface area contributed by atoms with Crippen LogP contribution in [0.4, 0.5) is 5.69 Å². The summed E-state index contributed by atoms with van der Waals surface area (Å²) in [6.45, 7) is 0.724. The van der Waals surface area contributed by atoms with Gasteiger partial charge in [-0.15, -0.1) is 0 Å². The number of hydrogen-bond donors (Lipinski definition) is 1. The molecule has 3 rings (SSSR count). The molecule has 1 aliphatic rings. The van der Waals surface area contributed by atoms with Gasteiger partial charge in [-0.3, -0.25) is 0 Å². The first kappa shape index (κ1) is 14.2. The van der Waals surface area contributed by atoms with Crippen LogP contribution in [0, 0.1) is 0 Å². The molecular weight excluding hydrogens is 357 g/mol.